The number of aromatic nitrogens is 2. The number of hydrogen-bond donors (Lipinski definition) is 1. The fourth-order valence-electron chi connectivity index (χ4n) is 2.75. The van der Waals surface area contributed by atoms with Gasteiger partial charge in [0.1, 0.15) is 0 Å². The van der Waals surface area contributed by atoms with E-state index < -0.39 is 0 Å². The van der Waals surface area contributed by atoms with E-state index in [9.17, 15) is 0 Å². The molecule has 0 bridgehead atoms. The van der Waals surface area contributed by atoms with Crippen LogP contribution in [0.5, 0.6) is 0 Å². The molecule has 1 aromatic heterocycles. The zero-order valence-electron chi connectivity index (χ0n) is 11.8. The zero-order chi connectivity index (χ0) is 13.0. The number of nitrogens with one attached hydrogen (secondary N) is 1. The van der Waals surface area contributed by atoms with Gasteiger partial charge in [0.05, 0.1) is 6.20 Å². The van der Waals surface area contributed by atoms with Crippen molar-refractivity contribution in [1.29, 1.82) is 0 Å². The molecular formula is C14H25N3S. The smallest absolute Gasteiger partial charge is 0.0522 e. The fourth-order valence-corrected chi connectivity index (χ4v) is 4.16. The third-order valence-corrected chi connectivity index (χ3v) is 5.53. The van der Waals surface area contributed by atoms with Crippen molar-refractivity contribution >= 4 is 11.8 Å². The van der Waals surface area contributed by atoms with Gasteiger partial charge in [-0.25, -0.2) is 0 Å². The maximum Gasteiger partial charge on any atom is 0.0522 e. The molecule has 1 aliphatic heterocycles. The van der Waals surface area contributed by atoms with Gasteiger partial charge < -0.3 is 5.32 Å². The lowest BCUT2D eigenvalue weighted by atomic mass is 9.91. The summed E-state index contributed by atoms with van der Waals surface area (Å²) >= 11 is 2.13. The van der Waals surface area contributed by atoms with Crippen molar-refractivity contribution in [1.82, 2.24) is 15.1 Å². The molecular weight excluding hydrogens is 242 g/mol. The molecule has 0 saturated carbocycles. The molecule has 0 amide bonds. The van der Waals surface area contributed by atoms with E-state index >= 15 is 0 Å². The lowest BCUT2D eigenvalue weighted by Gasteiger charge is -2.33. The molecule has 2 unspecified atom stereocenters. The van der Waals surface area contributed by atoms with Crippen molar-refractivity contribution in [2.45, 2.75) is 57.4 Å². The number of rotatable bonds is 6. The minimum atomic E-state index is 0.393. The molecule has 1 fully saturated rings. The summed E-state index contributed by atoms with van der Waals surface area (Å²) in [6.07, 6.45) is 8.00. The summed E-state index contributed by atoms with van der Waals surface area (Å²) in [5.74, 6) is 1.31. The van der Waals surface area contributed by atoms with E-state index in [1.807, 2.05) is 10.9 Å². The number of hydrogen-bond acceptors (Lipinski definition) is 3. The van der Waals surface area contributed by atoms with Crippen LogP contribution in [-0.4, -0.2) is 32.9 Å². The highest BCUT2D eigenvalue weighted by Crippen LogP contribution is 2.41. The summed E-state index contributed by atoms with van der Waals surface area (Å²) in [5.41, 5.74) is 1.36. The van der Waals surface area contributed by atoms with Crippen LogP contribution in [0, 0.1) is 0 Å². The van der Waals surface area contributed by atoms with Gasteiger partial charge in [-0.1, -0.05) is 6.92 Å². The van der Waals surface area contributed by atoms with Crippen molar-refractivity contribution in [3.63, 3.8) is 0 Å². The van der Waals surface area contributed by atoms with Gasteiger partial charge in [-0.3, -0.25) is 4.68 Å². The van der Waals surface area contributed by atoms with Crippen LogP contribution in [0.1, 0.15) is 39.2 Å². The normalized spacial score (nSPS) is 25.5. The second-order valence-corrected chi connectivity index (χ2v) is 6.91. The molecule has 0 aromatic carbocycles. The summed E-state index contributed by atoms with van der Waals surface area (Å²) < 4.78 is 2.41. The summed E-state index contributed by atoms with van der Waals surface area (Å²) in [6.45, 7) is 8.75. The van der Waals surface area contributed by atoms with Gasteiger partial charge in [0.2, 0.25) is 0 Å². The predicted molar refractivity (Wildman–Crippen MR) is 79.2 cm³/mol. The van der Waals surface area contributed by atoms with E-state index in [0.29, 0.717) is 10.8 Å². The molecule has 2 heterocycles. The van der Waals surface area contributed by atoms with Crippen LogP contribution in [0.4, 0.5) is 0 Å². The number of nitrogens with zero attached hydrogens (tertiary/aromatic N) is 2. The zero-order valence-corrected chi connectivity index (χ0v) is 12.6. The highest BCUT2D eigenvalue weighted by Gasteiger charge is 2.37. The van der Waals surface area contributed by atoms with Gasteiger partial charge in [0.25, 0.3) is 0 Å². The molecule has 0 spiro atoms. The van der Waals surface area contributed by atoms with Crippen molar-refractivity contribution < 1.29 is 0 Å². The molecule has 1 aliphatic rings. The first-order valence-electron chi connectivity index (χ1n) is 7.06. The molecule has 1 N–H and O–H groups in total. The van der Waals surface area contributed by atoms with Crippen molar-refractivity contribution in [3.05, 3.63) is 18.0 Å². The van der Waals surface area contributed by atoms with E-state index in [1.54, 1.807) is 0 Å². The third-order valence-electron chi connectivity index (χ3n) is 3.89. The highest BCUT2D eigenvalue weighted by atomic mass is 32.2. The van der Waals surface area contributed by atoms with Crippen molar-refractivity contribution in [2.75, 3.05) is 12.3 Å². The Hall–Kier alpha value is -0.480. The lowest BCUT2D eigenvalue weighted by Crippen LogP contribution is -2.46. The van der Waals surface area contributed by atoms with Crippen LogP contribution < -0.4 is 5.32 Å². The number of aryl methyl sites for hydroxylation is 1. The summed E-state index contributed by atoms with van der Waals surface area (Å²) in [5, 5.41) is 8.06. The molecule has 102 valence electrons. The standard InChI is InChI=1S/C14H25N3S/c1-4-15-13(14(3)7-6-8-18-14)9-12-10-16-17(5-2)11-12/h10-11,13,15H,4-9H2,1-3H3. The Morgan fingerprint density at radius 1 is 1.56 bits per heavy atom. The summed E-state index contributed by atoms with van der Waals surface area (Å²) in [6, 6.07) is 0.560. The number of thioether (sulfide) groups is 1. The van der Waals surface area contributed by atoms with E-state index in [-0.39, 0.29) is 0 Å². The van der Waals surface area contributed by atoms with E-state index in [4.69, 9.17) is 0 Å². The van der Waals surface area contributed by atoms with Crippen LogP contribution in [0.15, 0.2) is 12.4 Å². The maximum absolute atomic E-state index is 4.38. The first kappa shape index (κ1) is 13.9. The van der Waals surface area contributed by atoms with Gasteiger partial charge in [-0.15, -0.1) is 0 Å². The Labute approximate surface area is 115 Å². The van der Waals surface area contributed by atoms with Crippen LogP contribution in [-0.2, 0) is 13.0 Å². The average Bonchev–Trinajstić information content (AvgIpc) is 2.98. The molecule has 0 radical (unpaired) electrons. The molecule has 3 nitrogen and oxygen atoms in total. The topological polar surface area (TPSA) is 29.9 Å². The first-order chi connectivity index (χ1) is 8.68. The predicted octanol–water partition coefficient (Wildman–Crippen LogP) is 2.71. The van der Waals surface area contributed by atoms with E-state index in [2.05, 4.69) is 49.1 Å². The molecule has 1 aromatic rings. The quantitative estimate of drug-likeness (QED) is 0.859. The van der Waals surface area contributed by atoms with E-state index in [1.165, 1.54) is 24.2 Å². The highest BCUT2D eigenvalue weighted by molar-refractivity contribution is 8.00. The number of likely N-dealkylation sites (N-methyl/N-ethyl adjacent to an activating group) is 1. The second kappa shape index (κ2) is 6.11. The van der Waals surface area contributed by atoms with Gasteiger partial charge in [0.15, 0.2) is 0 Å². The van der Waals surface area contributed by atoms with Gasteiger partial charge >= 0.3 is 0 Å². The van der Waals surface area contributed by atoms with Crippen molar-refractivity contribution in [3.8, 4) is 0 Å². The Kier molecular flexibility index (Phi) is 4.73. The molecule has 4 heteroatoms. The third kappa shape index (κ3) is 3.09. The van der Waals surface area contributed by atoms with E-state index in [0.717, 1.165) is 19.5 Å². The van der Waals surface area contributed by atoms with Gasteiger partial charge in [-0.05, 0) is 51.0 Å². The Morgan fingerprint density at radius 2 is 2.39 bits per heavy atom. The first-order valence-corrected chi connectivity index (χ1v) is 8.05. The monoisotopic (exact) mass is 267 g/mol. The molecule has 2 rings (SSSR count). The van der Waals surface area contributed by atoms with Crippen LogP contribution in [0.3, 0.4) is 0 Å². The Morgan fingerprint density at radius 3 is 2.94 bits per heavy atom. The fraction of sp³-hybridized carbons (Fsp3) is 0.786. The van der Waals surface area contributed by atoms with Crippen LogP contribution in [0.2, 0.25) is 0 Å². The second-order valence-electron chi connectivity index (χ2n) is 5.28. The maximum atomic E-state index is 4.38. The summed E-state index contributed by atoms with van der Waals surface area (Å²) in [4.78, 5) is 0. The largest absolute Gasteiger partial charge is 0.313 e. The van der Waals surface area contributed by atoms with Crippen molar-refractivity contribution in [2.24, 2.45) is 0 Å². The van der Waals surface area contributed by atoms with Gasteiger partial charge in [0, 0.05) is 23.5 Å². The van der Waals surface area contributed by atoms with Gasteiger partial charge in [-0.2, -0.15) is 16.9 Å². The molecule has 18 heavy (non-hydrogen) atoms. The van der Waals surface area contributed by atoms with Crippen LogP contribution in [0.25, 0.3) is 0 Å². The Bertz CT molecular complexity index is 369. The SMILES string of the molecule is CCNC(Cc1cnn(CC)c1)C1(C)CCCS1. The average molecular weight is 267 g/mol. The molecule has 0 aliphatic carbocycles. The minimum Gasteiger partial charge on any atom is -0.313 e. The minimum absolute atomic E-state index is 0.393. The molecule has 1 saturated heterocycles. The lowest BCUT2D eigenvalue weighted by molar-refractivity contribution is 0.406. The Balaban J connectivity index is 2.05. The van der Waals surface area contributed by atoms with Crippen LogP contribution >= 0.6 is 11.8 Å². The molecule has 2 atom stereocenters. The summed E-state index contributed by atoms with van der Waals surface area (Å²) in [7, 11) is 0.